The van der Waals surface area contributed by atoms with Crippen molar-refractivity contribution in [1.29, 1.82) is 0 Å². The van der Waals surface area contributed by atoms with Crippen LogP contribution >= 0.6 is 11.3 Å². The van der Waals surface area contributed by atoms with E-state index in [9.17, 15) is 22.4 Å². The Morgan fingerprint density at radius 1 is 1.14 bits per heavy atom. The third-order valence-electron chi connectivity index (χ3n) is 6.43. The summed E-state index contributed by atoms with van der Waals surface area (Å²) in [6.07, 6.45) is -3.74. The van der Waals surface area contributed by atoms with E-state index in [0.717, 1.165) is 24.1 Å². The summed E-state index contributed by atoms with van der Waals surface area (Å²) in [5.74, 6) is -1.08. The van der Waals surface area contributed by atoms with Crippen LogP contribution in [0.1, 0.15) is 29.3 Å². The fraction of sp³-hybridized carbons (Fsp3) is 0.269. The first-order chi connectivity index (χ1) is 17.6. The van der Waals surface area contributed by atoms with E-state index in [4.69, 9.17) is 9.63 Å². The van der Waals surface area contributed by atoms with Gasteiger partial charge in [-0.2, -0.15) is 18.2 Å². The Morgan fingerprint density at radius 3 is 2.46 bits per heavy atom. The van der Waals surface area contributed by atoms with Crippen LogP contribution in [0.25, 0.3) is 33.3 Å². The van der Waals surface area contributed by atoms with Crippen LogP contribution < -0.4 is 0 Å². The lowest BCUT2D eigenvalue weighted by molar-refractivity contribution is -0.138. The van der Waals surface area contributed by atoms with Gasteiger partial charge < -0.3 is 9.63 Å². The van der Waals surface area contributed by atoms with Gasteiger partial charge in [-0.25, -0.2) is 4.39 Å². The number of carboxylic acids is 1. The van der Waals surface area contributed by atoms with Crippen LogP contribution in [-0.2, 0) is 11.0 Å². The van der Waals surface area contributed by atoms with Crippen LogP contribution in [0.15, 0.2) is 59.1 Å². The number of aliphatic carboxylic acids is 1. The van der Waals surface area contributed by atoms with Gasteiger partial charge in [-0.15, -0.1) is 11.3 Å². The summed E-state index contributed by atoms with van der Waals surface area (Å²) in [6.45, 7) is 0.702. The molecule has 0 radical (unpaired) electrons. The molecule has 2 unspecified atom stereocenters. The summed E-state index contributed by atoms with van der Waals surface area (Å²) in [5.41, 5.74) is 1.81. The summed E-state index contributed by atoms with van der Waals surface area (Å²) in [5, 5.41) is 13.0. The van der Waals surface area contributed by atoms with Gasteiger partial charge in [0.2, 0.25) is 5.82 Å². The Labute approximate surface area is 213 Å². The topological polar surface area (TPSA) is 79.5 Å². The molecule has 2 aromatic carbocycles. The van der Waals surface area contributed by atoms with Crippen molar-refractivity contribution in [3.8, 4) is 33.3 Å². The number of alkyl halides is 3. The van der Waals surface area contributed by atoms with Gasteiger partial charge in [0, 0.05) is 30.1 Å². The highest BCUT2D eigenvalue weighted by Crippen LogP contribution is 2.45. The standard InChI is InChI=1S/C26H21F4N3O3S/c1-33-13-14(11-22(34)35)10-20(33)16-2-4-17(5-3-16)24-31-25(36-32-24)21-12-19(23(37-21)26(28,29)30)15-6-8-18(27)9-7-15/h2-9,12,14,20H,10-11,13H2,1H3,(H,34,35). The molecule has 4 aromatic rings. The molecule has 1 aliphatic rings. The van der Waals surface area contributed by atoms with E-state index in [1.54, 1.807) is 0 Å². The highest BCUT2D eigenvalue weighted by atomic mass is 32.1. The van der Waals surface area contributed by atoms with E-state index in [1.165, 1.54) is 18.2 Å². The lowest BCUT2D eigenvalue weighted by Crippen LogP contribution is -2.18. The molecule has 0 bridgehead atoms. The first-order valence-electron chi connectivity index (χ1n) is 11.4. The fourth-order valence-corrected chi connectivity index (χ4v) is 5.71. The number of aromatic nitrogens is 2. The van der Waals surface area contributed by atoms with Gasteiger partial charge in [0.15, 0.2) is 0 Å². The molecule has 1 aliphatic heterocycles. The van der Waals surface area contributed by atoms with Crippen molar-refractivity contribution in [2.45, 2.75) is 25.1 Å². The molecule has 2 atom stereocenters. The summed E-state index contributed by atoms with van der Waals surface area (Å²) in [7, 11) is 1.96. The lowest BCUT2D eigenvalue weighted by Gasteiger charge is -2.19. The van der Waals surface area contributed by atoms with Crippen LogP contribution in [0.3, 0.4) is 0 Å². The molecule has 1 saturated heterocycles. The maximum absolute atomic E-state index is 13.7. The van der Waals surface area contributed by atoms with Crippen LogP contribution in [-0.4, -0.2) is 39.7 Å². The first kappa shape index (κ1) is 25.1. The minimum absolute atomic E-state index is 0.0463. The van der Waals surface area contributed by atoms with E-state index in [1.807, 2.05) is 31.3 Å². The molecule has 0 saturated carbocycles. The second-order valence-corrected chi connectivity index (χ2v) is 10.1. The normalized spacial score (nSPS) is 18.4. The SMILES string of the molecule is CN1CC(CC(=O)O)CC1c1ccc(-c2noc(-c3cc(-c4ccc(F)cc4)c(C(F)(F)F)s3)n2)cc1. The van der Waals surface area contributed by atoms with Crippen LogP contribution in [0.5, 0.6) is 0 Å². The number of hydrogen-bond donors (Lipinski definition) is 1. The fourth-order valence-electron chi connectivity index (χ4n) is 4.74. The molecule has 0 spiro atoms. The molecule has 3 heterocycles. The van der Waals surface area contributed by atoms with Crippen molar-refractivity contribution in [3.63, 3.8) is 0 Å². The zero-order valence-electron chi connectivity index (χ0n) is 19.5. The predicted octanol–water partition coefficient (Wildman–Crippen LogP) is 6.76. The number of likely N-dealkylation sites (tertiary alicyclic amines) is 1. The molecule has 5 rings (SSSR count). The van der Waals surface area contributed by atoms with E-state index in [-0.39, 0.29) is 46.1 Å². The van der Waals surface area contributed by atoms with E-state index in [2.05, 4.69) is 15.0 Å². The van der Waals surface area contributed by atoms with Crippen molar-refractivity contribution in [2.75, 3.05) is 13.6 Å². The van der Waals surface area contributed by atoms with E-state index < -0.39 is 22.8 Å². The maximum atomic E-state index is 13.7. The maximum Gasteiger partial charge on any atom is 0.426 e. The number of rotatable bonds is 6. The largest absolute Gasteiger partial charge is 0.481 e. The number of thiophene rings is 1. The summed E-state index contributed by atoms with van der Waals surface area (Å²) >= 11 is 0.489. The lowest BCUT2D eigenvalue weighted by atomic mass is 9.97. The molecule has 1 N–H and O–H groups in total. The molecular weight excluding hydrogens is 510 g/mol. The Bertz CT molecular complexity index is 1410. The molecule has 37 heavy (non-hydrogen) atoms. The van der Waals surface area contributed by atoms with Gasteiger partial charge in [-0.1, -0.05) is 41.6 Å². The summed E-state index contributed by atoms with van der Waals surface area (Å²) < 4.78 is 59.8. The highest BCUT2D eigenvalue weighted by molar-refractivity contribution is 7.16. The van der Waals surface area contributed by atoms with Crippen LogP contribution in [0.4, 0.5) is 17.6 Å². The molecule has 11 heteroatoms. The number of nitrogens with zero attached hydrogens (tertiary/aromatic N) is 3. The molecule has 2 aromatic heterocycles. The van der Waals surface area contributed by atoms with Crippen molar-refractivity contribution in [1.82, 2.24) is 15.0 Å². The van der Waals surface area contributed by atoms with E-state index >= 15 is 0 Å². The minimum atomic E-state index is -4.61. The predicted molar refractivity (Wildman–Crippen MR) is 129 cm³/mol. The molecule has 0 amide bonds. The number of carbonyl (C=O) groups is 1. The molecular formula is C26H21F4N3O3S. The van der Waals surface area contributed by atoms with Gasteiger partial charge in [0.25, 0.3) is 5.89 Å². The number of hydrogen-bond acceptors (Lipinski definition) is 6. The Hall–Kier alpha value is -3.57. The zero-order chi connectivity index (χ0) is 26.3. The number of benzene rings is 2. The quantitative estimate of drug-likeness (QED) is 0.277. The van der Waals surface area contributed by atoms with Crippen molar-refractivity contribution in [3.05, 3.63) is 70.9 Å². The van der Waals surface area contributed by atoms with Gasteiger partial charge in [0.1, 0.15) is 10.7 Å². The second-order valence-electron chi connectivity index (χ2n) is 9.06. The summed E-state index contributed by atoms with van der Waals surface area (Å²) in [6, 6.07) is 13.7. The second kappa shape index (κ2) is 9.71. The highest BCUT2D eigenvalue weighted by Gasteiger charge is 2.37. The summed E-state index contributed by atoms with van der Waals surface area (Å²) in [4.78, 5) is 16.8. The minimum Gasteiger partial charge on any atom is -0.481 e. The molecule has 0 aliphatic carbocycles. The number of carboxylic acid groups (broad SMARTS) is 1. The van der Waals surface area contributed by atoms with Crippen LogP contribution in [0.2, 0.25) is 0 Å². The van der Waals surface area contributed by atoms with Crippen LogP contribution in [0, 0.1) is 11.7 Å². The third kappa shape index (κ3) is 5.28. The Kier molecular flexibility index (Phi) is 6.59. The van der Waals surface area contributed by atoms with Gasteiger partial charge in [0.05, 0.1) is 4.88 Å². The third-order valence-corrected chi connectivity index (χ3v) is 7.60. The smallest absolute Gasteiger partial charge is 0.426 e. The average molecular weight is 532 g/mol. The molecule has 6 nitrogen and oxygen atoms in total. The molecule has 1 fully saturated rings. The molecule has 192 valence electrons. The Balaban J connectivity index is 1.39. The average Bonchev–Trinajstić information content (AvgIpc) is 3.57. The van der Waals surface area contributed by atoms with E-state index in [0.29, 0.717) is 23.4 Å². The van der Waals surface area contributed by atoms with Crippen molar-refractivity contribution >= 4 is 17.3 Å². The van der Waals surface area contributed by atoms with Gasteiger partial charge >= 0.3 is 12.1 Å². The van der Waals surface area contributed by atoms with Crippen molar-refractivity contribution in [2.24, 2.45) is 5.92 Å². The number of halogens is 4. The Morgan fingerprint density at radius 2 is 1.81 bits per heavy atom. The first-order valence-corrected chi connectivity index (χ1v) is 12.2. The zero-order valence-corrected chi connectivity index (χ0v) is 20.3. The van der Waals surface area contributed by atoms with Gasteiger partial charge in [-0.05, 0) is 48.7 Å². The van der Waals surface area contributed by atoms with Gasteiger partial charge in [-0.3, -0.25) is 9.69 Å². The van der Waals surface area contributed by atoms with Crippen molar-refractivity contribution < 1.29 is 32.0 Å². The monoisotopic (exact) mass is 531 g/mol.